The van der Waals surface area contributed by atoms with Gasteiger partial charge in [0.2, 0.25) is 0 Å². The maximum Gasteiger partial charge on any atom is 0.339 e. The first-order valence-corrected chi connectivity index (χ1v) is 10.1. The van der Waals surface area contributed by atoms with E-state index < -0.39 is 5.20 Å². The largest absolute Gasteiger partial charge is 0.339 e. The van der Waals surface area contributed by atoms with Gasteiger partial charge in [0, 0.05) is 0 Å². The molecule has 0 unspecified atom stereocenters. The fourth-order valence-electron chi connectivity index (χ4n) is 2.86. The molecule has 15 heavy (non-hydrogen) atoms. The summed E-state index contributed by atoms with van der Waals surface area (Å²) in [6.45, 7) is 0. The minimum Gasteiger partial charge on any atom is -0.271 e. The van der Waals surface area contributed by atoms with E-state index in [1.165, 1.54) is 25.7 Å². The van der Waals surface area contributed by atoms with Crippen molar-refractivity contribution in [3.05, 3.63) is 0 Å². The SMILES string of the molecule is C1CCC(C2CCCC2)C1.O=P(Cl)(Cl)Cl. The summed E-state index contributed by atoms with van der Waals surface area (Å²) in [6.07, 6.45) is 12.4. The quantitative estimate of drug-likeness (QED) is 0.527. The molecule has 0 bridgehead atoms. The molecular formula is C10H18Cl3OP. The lowest BCUT2D eigenvalue weighted by molar-refractivity contribution is 0.347. The average molecular weight is 292 g/mol. The van der Waals surface area contributed by atoms with Crippen LogP contribution in [0.2, 0.25) is 0 Å². The first-order valence-electron chi connectivity index (χ1n) is 5.66. The van der Waals surface area contributed by atoms with Gasteiger partial charge in [0.1, 0.15) is 0 Å². The molecule has 0 aliphatic heterocycles. The van der Waals surface area contributed by atoms with E-state index in [0.29, 0.717) is 0 Å². The lowest BCUT2D eigenvalue weighted by atomic mass is 9.90. The van der Waals surface area contributed by atoms with Gasteiger partial charge >= 0.3 is 5.20 Å². The Morgan fingerprint density at radius 2 is 0.933 bits per heavy atom. The zero-order chi connectivity index (χ0) is 11.3. The van der Waals surface area contributed by atoms with Crippen molar-refractivity contribution in [2.75, 3.05) is 0 Å². The molecule has 2 rings (SSSR count). The molecule has 2 fully saturated rings. The molecule has 0 N–H and O–H groups in total. The predicted octanol–water partition coefficient (Wildman–Crippen LogP) is 6.18. The fourth-order valence-corrected chi connectivity index (χ4v) is 2.86. The minimum absolute atomic E-state index is 1.16. The third kappa shape index (κ3) is 7.10. The molecule has 0 aromatic carbocycles. The van der Waals surface area contributed by atoms with Crippen LogP contribution in [0.1, 0.15) is 51.4 Å². The molecule has 2 aliphatic rings. The lowest BCUT2D eigenvalue weighted by Crippen LogP contribution is -2.06. The van der Waals surface area contributed by atoms with E-state index in [0.717, 1.165) is 11.8 Å². The second-order valence-electron chi connectivity index (χ2n) is 4.49. The summed E-state index contributed by atoms with van der Waals surface area (Å²) >= 11 is 13.8. The molecular weight excluding hydrogens is 273 g/mol. The van der Waals surface area contributed by atoms with E-state index in [9.17, 15) is 4.57 Å². The minimum atomic E-state index is -3.22. The van der Waals surface area contributed by atoms with Crippen molar-refractivity contribution in [1.82, 2.24) is 0 Å². The molecule has 0 aromatic rings. The second-order valence-corrected chi connectivity index (χ2v) is 11.1. The summed E-state index contributed by atoms with van der Waals surface area (Å²) in [5.41, 5.74) is 0. The van der Waals surface area contributed by atoms with E-state index in [1.807, 2.05) is 0 Å². The molecule has 0 heterocycles. The van der Waals surface area contributed by atoms with Gasteiger partial charge in [-0.3, -0.25) is 4.57 Å². The van der Waals surface area contributed by atoms with Crippen molar-refractivity contribution in [3.8, 4) is 0 Å². The first kappa shape index (κ1) is 14.2. The van der Waals surface area contributed by atoms with Crippen LogP contribution in [0, 0.1) is 11.8 Å². The van der Waals surface area contributed by atoms with Gasteiger partial charge < -0.3 is 0 Å². The Labute approximate surface area is 107 Å². The van der Waals surface area contributed by atoms with Crippen molar-refractivity contribution >= 4 is 38.9 Å². The number of hydrogen-bond donors (Lipinski definition) is 0. The topological polar surface area (TPSA) is 17.1 Å². The molecule has 2 saturated carbocycles. The lowest BCUT2D eigenvalue weighted by Gasteiger charge is -2.16. The Kier molecular flexibility index (Phi) is 6.37. The number of halogens is 3. The standard InChI is InChI=1S/C10H18.Cl3OP/c1-2-6-9(5-1)10-7-3-4-8-10;1-5(2,3)4/h9-10H,1-8H2;. The van der Waals surface area contributed by atoms with Gasteiger partial charge in [-0.05, 0) is 45.6 Å². The normalized spacial score (nSPS) is 23.9. The Morgan fingerprint density at radius 3 is 1.13 bits per heavy atom. The first-order chi connectivity index (χ1) is 6.97. The zero-order valence-electron chi connectivity index (χ0n) is 8.80. The Balaban J connectivity index is 0.000000195. The third-order valence-electron chi connectivity index (χ3n) is 3.47. The fraction of sp³-hybridized carbons (Fsp3) is 1.00. The van der Waals surface area contributed by atoms with Crippen molar-refractivity contribution in [1.29, 1.82) is 0 Å². The molecule has 0 aromatic heterocycles. The summed E-state index contributed by atoms with van der Waals surface area (Å²) in [5, 5.41) is -3.22. The highest BCUT2D eigenvalue weighted by atomic mass is 36.0. The molecule has 2 aliphatic carbocycles. The van der Waals surface area contributed by atoms with Gasteiger partial charge in [-0.2, -0.15) is 0 Å². The van der Waals surface area contributed by atoms with Gasteiger partial charge in [0.05, 0.1) is 0 Å². The van der Waals surface area contributed by atoms with Crippen LogP contribution in [0.3, 0.4) is 0 Å². The highest BCUT2D eigenvalue weighted by molar-refractivity contribution is 8.24. The molecule has 0 saturated heterocycles. The van der Waals surface area contributed by atoms with Crippen molar-refractivity contribution in [2.24, 2.45) is 11.8 Å². The van der Waals surface area contributed by atoms with Crippen LogP contribution in [-0.2, 0) is 4.57 Å². The Morgan fingerprint density at radius 1 is 0.733 bits per heavy atom. The molecule has 0 radical (unpaired) electrons. The molecule has 5 heteroatoms. The van der Waals surface area contributed by atoms with E-state index >= 15 is 0 Å². The third-order valence-corrected chi connectivity index (χ3v) is 3.47. The summed E-state index contributed by atoms with van der Waals surface area (Å²) < 4.78 is 9.51. The van der Waals surface area contributed by atoms with E-state index in [2.05, 4.69) is 33.7 Å². The Bertz CT molecular complexity index is 194. The summed E-state index contributed by atoms with van der Waals surface area (Å²) in [5.74, 6) is 2.31. The monoisotopic (exact) mass is 290 g/mol. The maximum absolute atomic E-state index is 9.51. The van der Waals surface area contributed by atoms with Gasteiger partial charge in [0.25, 0.3) is 0 Å². The van der Waals surface area contributed by atoms with Crippen molar-refractivity contribution in [3.63, 3.8) is 0 Å². The number of hydrogen-bond acceptors (Lipinski definition) is 1. The van der Waals surface area contributed by atoms with E-state index in [-0.39, 0.29) is 0 Å². The van der Waals surface area contributed by atoms with Crippen LogP contribution in [-0.4, -0.2) is 0 Å². The van der Waals surface area contributed by atoms with Gasteiger partial charge in [0.15, 0.2) is 0 Å². The van der Waals surface area contributed by atoms with Gasteiger partial charge in [-0.25, -0.2) is 0 Å². The van der Waals surface area contributed by atoms with Crippen LogP contribution in [0.25, 0.3) is 0 Å². The molecule has 1 nitrogen and oxygen atoms in total. The van der Waals surface area contributed by atoms with E-state index in [1.54, 1.807) is 25.7 Å². The molecule has 0 atom stereocenters. The van der Waals surface area contributed by atoms with Gasteiger partial charge in [-0.15, -0.1) is 0 Å². The molecule has 90 valence electrons. The van der Waals surface area contributed by atoms with E-state index in [4.69, 9.17) is 0 Å². The summed E-state index contributed by atoms with van der Waals surface area (Å²) in [7, 11) is 0. The smallest absolute Gasteiger partial charge is 0.271 e. The van der Waals surface area contributed by atoms with Crippen LogP contribution < -0.4 is 0 Å². The maximum atomic E-state index is 9.51. The Hall–Kier alpha value is 1.10. The zero-order valence-corrected chi connectivity index (χ0v) is 12.0. The van der Waals surface area contributed by atoms with Crippen molar-refractivity contribution in [2.45, 2.75) is 51.4 Å². The highest BCUT2D eigenvalue weighted by Gasteiger charge is 2.26. The van der Waals surface area contributed by atoms with Crippen LogP contribution >= 0.6 is 38.9 Å². The highest BCUT2D eigenvalue weighted by Crippen LogP contribution is 2.61. The van der Waals surface area contributed by atoms with Crippen LogP contribution in [0.15, 0.2) is 0 Å². The molecule has 0 amide bonds. The van der Waals surface area contributed by atoms with Gasteiger partial charge in [-0.1, -0.05) is 51.4 Å². The predicted molar refractivity (Wildman–Crippen MR) is 69.1 cm³/mol. The van der Waals surface area contributed by atoms with Crippen molar-refractivity contribution < 1.29 is 4.57 Å². The average Bonchev–Trinajstić information content (AvgIpc) is 2.73. The van der Waals surface area contributed by atoms with Crippen LogP contribution in [0.4, 0.5) is 0 Å². The summed E-state index contributed by atoms with van der Waals surface area (Å²) in [4.78, 5) is 0. The van der Waals surface area contributed by atoms with Crippen LogP contribution in [0.5, 0.6) is 0 Å². The number of rotatable bonds is 1. The second kappa shape index (κ2) is 6.74. The molecule has 0 spiro atoms. The summed E-state index contributed by atoms with van der Waals surface area (Å²) in [6, 6.07) is 0.